The van der Waals surface area contributed by atoms with E-state index in [9.17, 15) is 0 Å². The third-order valence-corrected chi connectivity index (χ3v) is 4.70. The van der Waals surface area contributed by atoms with E-state index in [1.54, 1.807) is 16.4 Å². The predicted molar refractivity (Wildman–Crippen MR) is 86.5 cm³/mol. The van der Waals surface area contributed by atoms with E-state index in [0.717, 1.165) is 42.9 Å². The molecule has 0 radical (unpaired) electrons. The van der Waals surface area contributed by atoms with E-state index in [4.69, 9.17) is 4.74 Å². The zero-order valence-corrected chi connectivity index (χ0v) is 13.8. The number of tetrazole rings is 1. The fourth-order valence-electron chi connectivity index (χ4n) is 2.54. The van der Waals surface area contributed by atoms with E-state index in [1.807, 2.05) is 12.1 Å². The van der Waals surface area contributed by atoms with Gasteiger partial charge in [0.15, 0.2) is 0 Å². The average molecular weight is 319 g/mol. The Labute approximate surface area is 134 Å². The molecule has 1 aliphatic heterocycles. The predicted octanol–water partition coefficient (Wildman–Crippen LogP) is 1.78. The van der Waals surface area contributed by atoms with Gasteiger partial charge in [-0.15, -0.1) is 5.10 Å². The summed E-state index contributed by atoms with van der Waals surface area (Å²) in [6.07, 6.45) is 0. The smallest absolute Gasteiger partial charge is 0.214 e. The van der Waals surface area contributed by atoms with Gasteiger partial charge < -0.3 is 4.74 Å². The number of nitrogens with zero attached hydrogens (tertiary/aromatic N) is 5. The third kappa shape index (κ3) is 3.66. The van der Waals surface area contributed by atoms with Crippen molar-refractivity contribution in [3.63, 3.8) is 0 Å². The summed E-state index contributed by atoms with van der Waals surface area (Å²) in [7, 11) is 0. The van der Waals surface area contributed by atoms with Crippen LogP contribution in [0.1, 0.15) is 12.5 Å². The molecule has 3 rings (SSSR count). The largest absolute Gasteiger partial charge is 0.379 e. The number of rotatable bonds is 5. The summed E-state index contributed by atoms with van der Waals surface area (Å²) in [5.74, 6) is 0.969. The van der Waals surface area contributed by atoms with Gasteiger partial charge in [-0.1, -0.05) is 23.9 Å². The van der Waals surface area contributed by atoms with Gasteiger partial charge in [0.25, 0.3) is 0 Å². The minimum atomic E-state index is 0.488. The highest BCUT2D eigenvalue weighted by Crippen LogP contribution is 2.19. The number of thioether (sulfide) groups is 1. The van der Waals surface area contributed by atoms with Crippen LogP contribution in [-0.2, 0) is 4.74 Å². The molecule has 0 amide bonds. The number of aryl methyl sites for hydroxylation is 1. The Bertz CT molecular complexity index is 617. The molecule has 0 spiro atoms. The van der Waals surface area contributed by atoms with Gasteiger partial charge in [0.2, 0.25) is 5.16 Å². The van der Waals surface area contributed by atoms with Gasteiger partial charge in [-0.2, -0.15) is 4.68 Å². The van der Waals surface area contributed by atoms with E-state index in [-0.39, 0.29) is 0 Å². The molecule has 22 heavy (non-hydrogen) atoms. The summed E-state index contributed by atoms with van der Waals surface area (Å²) in [5, 5.41) is 12.9. The second kappa shape index (κ2) is 7.21. The van der Waals surface area contributed by atoms with Crippen LogP contribution in [-0.4, -0.2) is 63.2 Å². The molecule has 1 unspecified atom stereocenters. The molecule has 6 nitrogen and oxygen atoms in total. The van der Waals surface area contributed by atoms with Crippen LogP contribution >= 0.6 is 11.8 Å². The van der Waals surface area contributed by atoms with E-state index < -0.39 is 0 Å². The summed E-state index contributed by atoms with van der Waals surface area (Å²) in [4.78, 5) is 2.46. The Hall–Kier alpha value is -1.44. The third-order valence-electron chi connectivity index (χ3n) is 3.80. The number of aromatic nitrogens is 4. The Morgan fingerprint density at radius 3 is 3.14 bits per heavy atom. The van der Waals surface area contributed by atoms with Crippen molar-refractivity contribution in [3.8, 4) is 5.69 Å². The van der Waals surface area contributed by atoms with Gasteiger partial charge in [0.05, 0.1) is 18.9 Å². The first-order valence-corrected chi connectivity index (χ1v) is 8.52. The van der Waals surface area contributed by atoms with Crippen molar-refractivity contribution in [3.05, 3.63) is 29.8 Å². The molecule has 0 bridgehead atoms. The van der Waals surface area contributed by atoms with Crippen molar-refractivity contribution in [1.82, 2.24) is 25.1 Å². The molecule has 1 aliphatic rings. The lowest BCUT2D eigenvalue weighted by atomic mass is 10.2. The minimum Gasteiger partial charge on any atom is -0.379 e. The SMILES string of the molecule is Cc1cccc(-n2nnnc2SCCN2CCOCC2C)c1. The first-order chi connectivity index (χ1) is 10.7. The molecule has 7 heteroatoms. The lowest BCUT2D eigenvalue weighted by Gasteiger charge is -2.32. The lowest BCUT2D eigenvalue weighted by Crippen LogP contribution is -2.44. The molecular formula is C15H21N5OS. The molecule has 1 saturated heterocycles. The highest BCUT2D eigenvalue weighted by molar-refractivity contribution is 7.99. The highest BCUT2D eigenvalue weighted by Gasteiger charge is 2.18. The van der Waals surface area contributed by atoms with Crippen molar-refractivity contribution in [2.45, 2.75) is 25.0 Å². The Balaban J connectivity index is 1.61. The zero-order chi connectivity index (χ0) is 15.4. The number of ether oxygens (including phenoxy) is 1. The van der Waals surface area contributed by atoms with Crippen molar-refractivity contribution in [1.29, 1.82) is 0 Å². The van der Waals surface area contributed by atoms with Crippen molar-refractivity contribution in [2.75, 3.05) is 32.1 Å². The van der Waals surface area contributed by atoms with Crippen molar-refractivity contribution in [2.24, 2.45) is 0 Å². The monoisotopic (exact) mass is 319 g/mol. The van der Waals surface area contributed by atoms with Crippen LogP contribution in [0.5, 0.6) is 0 Å². The van der Waals surface area contributed by atoms with Crippen LogP contribution < -0.4 is 0 Å². The van der Waals surface area contributed by atoms with Crippen LogP contribution in [0.25, 0.3) is 5.69 Å². The van der Waals surface area contributed by atoms with E-state index in [1.165, 1.54) is 5.56 Å². The normalized spacial score (nSPS) is 19.5. The molecule has 0 N–H and O–H groups in total. The van der Waals surface area contributed by atoms with Gasteiger partial charge in [0, 0.05) is 24.9 Å². The molecule has 118 valence electrons. The van der Waals surface area contributed by atoms with Crippen LogP contribution in [0.3, 0.4) is 0 Å². The van der Waals surface area contributed by atoms with Crippen LogP contribution in [0.15, 0.2) is 29.4 Å². The maximum atomic E-state index is 5.47. The fourth-order valence-corrected chi connectivity index (χ4v) is 3.41. The first kappa shape index (κ1) is 15.5. The second-order valence-corrected chi connectivity index (χ2v) is 6.58. The summed E-state index contributed by atoms with van der Waals surface area (Å²) >= 11 is 1.69. The number of hydrogen-bond acceptors (Lipinski definition) is 6. The zero-order valence-electron chi connectivity index (χ0n) is 13.0. The summed E-state index contributed by atoms with van der Waals surface area (Å²) in [6.45, 7) is 7.96. The summed E-state index contributed by atoms with van der Waals surface area (Å²) in [6, 6.07) is 8.70. The molecule has 0 saturated carbocycles. The molecule has 1 atom stereocenters. The van der Waals surface area contributed by atoms with Crippen molar-refractivity contribution >= 4 is 11.8 Å². The van der Waals surface area contributed by atoms with Gasteiger partial charge in [-0.3, -0.25) is 4.90 Å². The topological polar surface area (TPSA) is 56.1 Å². The quantitative estimate of drug-likeness (QED) is 0.783. The Morgan fingerprint density at radius 2 is 2.32 bits per heavy atom. The maximum Gasteiger partial charge on any atom is 0.214 e. The maximum absolute atomic E-state index is 5.47. The van der Waals surface area contributed by atoms with Gasteiger partial charge in [0.1, 0.15) is 0 Å². The standard InChI is InChI=1S/C15H21N5OS/c1-12-4-3-5-14(10-12)20-15(16-17-18-20)22-9-7-19-6-8-21-11-13(19)2/h3-5,10,13H,6-9,11H2,1-2H3. The molecule has 1 aromatic carbocycles. The lowest BCUT2D eigenvalue weighted by molar-refractivity contribution is 0.00298. The fraction of sp³-hybridized carbons (Fsp3) is 0.533. The molecule has 1 fully saturated rings. The summed E-state index contributed by atoms with van der Waals surface area (Å²) in [5.41, 5.74) is 2.21. The Morgan fingerprint density at radius 1 is 1.41 bits per heavy atom. The molecule has 0 aliphatic carbocycles. The van der Waals surface area contributed by atoms with Crippen LogP contribution in [0.4, 0.5) is 0 Å². The van der Waals surface area contributed by atoms with E-state index in [0.29, 0.717) is 6.04 Å². The first-order valence-electron chi connectivity index (χ1n) is 7.54. The number of morpholine rings is 1. The highest BCUT2D eigenvalue weighted by atomic mass is 32.2. The van der Waals surface area contributed by atoms with E-state index >= 15 is 0 Å². The van der Waals surface area contributed by atoms with Crippen LogP contribution in [0.2, 0.25) is 0 Å². The minimum absolute atomic E-state index is 0.488. The van der Waals surface area contributed by atoms with Crippen molar-refractivity contribution < 1.29 is 4.74 Å². The van der Waals surface area contributed by atoms with Gasteiger partial charge in [-0.05, 0) is 42.0 Å². The molecular weight excluding hydrogens is 298 g/mol. The average Bonchev–Trinajstić information content (AvgIpc) is 2.98. The molecule has 1 aromatic heterocycles. The second-order valence-electron chi connectivity index (χ2n) is 5.52. The number of benzene rings is 1. The Kier molecular flexibility index (Phi) is 5.07. The van der Waals surface area contributed by atoms with Crippen LogP contribution in [0, 0.1) is 6.92 Å². The molecule has 2 heterocycles. The van der Waals surface area contributed by atoms with Gasteiger partial charge in [-0.25, -0.2) is 0 Å². The molecule has 2 aromatic rings. The van der Waals surface area contributed by atoms with E-state index in [2.05, 4.69) is 46.4 Å². The summed E-state index contributed by atoms with van der Waals surface area (Å²) < 4.78 is 7.27. The number of hydrogen-bond donors (Lipinski definition) is 0. The van der Waals surface area contributed by atoms with Gasteiger partial charge >= 0.3 is 0 Å².